The molecule has 8 heteroatoms. The summed E-state index contributed by atoms with van der Waals surface area (Å²) in [7, 11) is 0. The number of rotatable bonds is 6. The Balaban J connectivity index is 1.94. The summed E-state index contributed by atoms with van der Waals surface area (Å²) in [5, 5.41) is 4.70. The molecule has 1 aliphatic carbocycles. The molecule has 1 aliphatic rings. The SMILES string of the molecule is CCNC(=O)NC(=O)CN(Cc1ccc(C(F)(F)F)cc1)C1CC1. The summed E-state index contributed by atoms with van der Waals surface area (Å²) >= 11 is 0. The van der Waals surface area contributed by atoms with Crippen molar-refractivity contribution in [1.29, 1.82) is 0 Å². The fourth-order valence-electron chi connectivity index (χ4n) is 2.34. The summed E-state index contributed by atoms with van der Waals surface area (Å²) < 4.78 is 37.7. The molecule has 0 aliphatic heterocycles. The number of benzene rings is 1. The summed E-state index contributed by atoms with van der Waals surface area (Å²) in [5.74, 6) is -0.431. The van der Waals surface area contributed by atoms with Crippen LogP contribution in [0.2, 0.25) is 0 Å². The largest absolute Gasteiger partial charge is 0.416 e. The van der Waals surface area contributed by atoms with Gasteiger partial charge in [0.15, 0.2) is 0 Å². The van der Waals surface area contributed by atoms with Crippen molar-refractivity contribution < 1.29 is 22.8 Å². The van der Waals surface area contributed by atoms with Gasteiger partial charge in [0, 0.05) is 19.1 Å². The van der Waals surface area contributed by atoms with Crippen molar-refractivity contribution in [3.8, 4) is 0 Å². The Bertz CT molecular complexity index is 583. The molecule has 0 spiro atoms. The lowest BCUT2D eigenvalue weighted by molar-refractivity contribution is -0.137. The number of alkyl halides is 3. The van der Waals surface area contributed by atoms with Crippen LogP contribution in [-0.4, -0.2) is 36.0 Å². The van der Waals surface area contributed by atoms with Crippen LogP contribution in [0.15, 0.2) is 24.3 Å². The molecule has 5 nitrogen and oxygen atoms in total. The van der Waals surface area contributed by atoms with Crippen molar-refractivity contribution in [3.05, 3.63) is 35.4 Å². The third-order valence-electron chi connectivity index (χ3n) is 3.67. The quantitative estimate of drug-likeness (QED) is 0.834. The number of nitrogens with zero attached hydrogens (tertiary/aromatic N) is 1. The average Bonchev–Trinajstić information content (AvgIpc) is 3.31. The first-order valence-electron chi connectivity index (χ1n) is 7.77. The first-order valence-corrected chi connectivity index (χ1v) is 7.77. The van der Waals surface area contributed by atoms with E-state index in [2.05, 4.69) is 10.6 Å². The number of carbonyl (C=O) groups is 2. The topological polar surface area (TPSA) is 61.4 Å². The molecule has 1 aromatic carbocycles. The zero-order valence-electron chi connectivity index (χ0n) is 13.3. The van der Waals surface area contributed by atoms with E-state index in [0.29, 0.717) is 18.7 Å². The molecule has 2 N–H and O–H groups in total. The minimum atomic E-state index is -4.36. The average molecular weight is 343 g/mol. The Morgan fingerprint density at radius 2 is 1.83 bits per heavy atom. The molecule has 0 saturated heterocycles. The van der Waals surface area contributed by atoms with Gasteiger partial charge in [-0.15, -0.1) is 0 Å². The lowest BCUT2D eigenvalue weighted by Gasteiger charge is -2.21. The molecule has 1 fully saturated rings. The molecule has 2 rings (SSSR count). The van der Waals surface area contributed by atoms with Crippen LogP contribution in [0, 0.1) is 0 Å². The maximum Gasteiger partial charge on any atom is 0.416 e. The summed E-state index contributed by atoms with van der Waals surface area (Å²) in [6.07, 6.45) is -2.48. The Hall–Kier alpha value is -2.09. The molecule has 0 heterocycles. The van der Waals surface area contributed by atoms with Crippen LogP contribution in [0.5, 0.6) is 0 Å². The van der Waals surface area contributed by atoms with Gasteiger partial charge in [-0.2, -0.15) is 13.2 Å². The van der Waals surface area contributed by atoms with Crippen LogP contribution in [0.4, 0.5) is 18.0 Å². The normalized spacial score (nSPS) is 14.5. The minimum absolute atomic E-state index is 0.0306. The molecule has 1 saturated carbocycles. The van der Waals surface area contributed by atoms with Crippen LogP contribution < -0.4 is 10.6 Å². The van der Waals surface area contributed by atoms with E-state index in [1.807, 2.05) is 4.90 Å². The molecule has 0 bridgehead atoms. The number of urea groups is 1. The van der Waals surface area contributed by atoms with Gasteiger partial charge < -0.3 is 5.32 Å². The summed E-state index contributed by atoms with van der Waals surface area (Å²) in [5.41, 5.74) is -0.00101. The van der Waals surface area contributed by atoms with Gasteiger partial charge in [0.25, 0.3) is 0 Å². The number of hydrogen-bond donors (Lipinski definition) is 2. The third-order valence-corrected chi connectivity index (χ3v) is 3.67. The molecule has 24 heavy (non-hydrogen) atoms. The Labute approximate surface area is 138 Å². The third kappa shape index (κ3) is 5.52. The molecule has 0 aromatic heterocycles. The van der Waals surface area contributed by atoms with E-state index < -0.39 is 23.7 Å². The molecular formula is C16H20F3N3O2. The number of hydrogen-bond acceptors (Lipinski definition) is 3. The van der Waals surface area contributed by atoms with Gasteiger partial charge >= 0.3 is 12.2 Å². The van der Waals surface area contributed by atoms with Gasteiger partial charge in [0.05, 0.1) is 12.1 Å². The van der Waals surface area contributed by atoms with Gasteiger partial charge in [0.1, 0.15) is 0 Å². The van der Waals surface area contributed by atoms with E-state index in [9.17, 15) is 22.8 Å². The Morgan fingerprint density at radius 1 is 1.21 bits per heavy atom. The molecule has 0 atom stereocenters. The molecule has 132 valence electrons. The predicted octanol–water partition coefficient (Wildman–Crippen LogP) is 2.52. The second-order valence-corrected chi connectivity index (χ2v) is 5.74. The van der Waals surface area contributed by atoms with E-state index in [-0.39, 0.29) is 12.6 Å². The van der Waals surface area contributed by atoms with Crippen LogP contribution in [0.1, 0.15) is 30.9 Å². The van der Waals surface area contributed by atoms with Gasteiger partial charge in [-0.3, -0.25) is 15.0 Å². The molecule has 1 aromatic rings. The van der Waals surface area contributed by atoms with E-state index >= 15 is 0 Å². The number of halogens is 3. The smallest absolute Gasteiger partial charge is 0.338 e. The summed E-state index contributed by atoms with van der Waals surface area (Å²) in [6.45, 7) is 2.55. The van der Waals surface area contributed by atoms with Crippen LogP contribution >= 0.6 is 0 Å². The highest BCUT2D eigenvalue weighted by atomic mass is 19.4. The highest BCUT2D eigenvalue weighted by molar-refractivity contribution is 5.95. The first kappa shape index (κ1) is 18.3. The summed E-state index contributed by atoms with van der Waals surface area (Å²) in [6, 6.07) is 4.59. The zero-order chi connectivity index (χ0) is 17.7. The van der Waals surface area contributed by atoms with Crippen molar-refractivity contribution in [2.24, 2.45) is 0 Å². The molecule has 0 unspecified atom stereocenters. The van der Waals surface area contributed by atoms with Gasteiger partial charge in [-0.25, -0.2) is 4.79 Å². The lowest BCUT2D eigenvalue weighted by Crippen LogP contribution is -2.44. The van der Waals surface area contributed by atoms with E-state index in [4.69, 9.17) is 0 Å². The minimum Gasteiger partial charge on any atom is -0.338 e. The monoisotopic (exact) mass is 343 g/mol. The van der Waals surface area contributed by atoms with Gasteiger partial charge in [-0.1, -0.05) is 12.1 Å². The Kier molecular flexibility index (Phi) is 5.82. The second kappa shape index (κ2) is 7.65. The van der Waals surface area contributed by atoms with Crippen LogP contribution in [-0.2, 0) is 17.5 Å². The maximum absolute atomic E-state index is 12.6. The van der Waals surface area contributed by atoms with Crippen molar-refractivity contribution in [2.75, 3.05) is 13.1 Å². The Morgan fingerprint density at radius 3 is 2.33 bits per heavy atom. The number of amides is 3. The highest BCUT2D eigenvalue weighted by Gasteiger charge is 2.32. The second-order valence-electron chi connectivity index (χ2n) is 5.74. The first-order chi connectivity index (χ1) is 11.3. The highest BCUT2D eigenvalue weighted by Crippen LogP contribution is 2.31. The van der Waals surface area contributed by atoms with Gasteiger partial charge in [-0.05, 0) is 37.5 Å². The van der Waals surface area contributed by atoms with Crippen LogP contribution in [0.3, 0.4) is 0 Å². The van der Waals surface area contributed by atoms with E-state index in [1.54, 1.807) is 6.92 Å². The fraction of sp³-hybridized carbons (Fsp3) is 0.500. The van der Waals surface area contributed by atoms with Crippen molar-refractivity contribution in [2.45, 2.75) is 38.5 Å². The van der Waals surface area contributed by atoms with Crippen LogP contribution in [0.25, 0.3) is 0 Å². The predicted molar refractivity (Wildman–Crippen MR) is 82.1 cm³/mol. The molecular weight excluding hydrogens is 323 g/mol. The number of imide groups is 1. The molecule has 3 amide bonds. The number of nitrogens with one attached hydrogen (secondary N) is 2. The lowest BCUT2D eigenvalue weighted by atomic mass is 10.1. The van der Waals surface area contributed by atoms with Crippen molar-refractivity contribution >= 4 is 11.9 Å². The van der Waals surface area contributed by atoms with Crippen molar-refractivity contribution in [3.63, 3.8) is 0 Å². The maximum atomic E-state index is 12.6. The number of carbonyl (C=O) groups excluding carboxylic acids is 2. The summed E-state index contributed by atoms with van der Waals surface area (Å²) in [4.78, 5) is 25.1. The molecule has 0 radical (unpaired) electrons. The van der Waals surface area contributed by atoms with E-state index in [0.717, 1.165) is 25.0 Å². The van der Waals surface area contributed by atoms with E-state index in [1.165, 1.54) is 12.1 Å². The van der Waals surface area contributed by atoms with Crippen molar-refractivity contribution in [1.82, 2.24) is 15.5 Å². The zero-order valence-corrected chi connectivity index (χ0v) is 13.3. The fourth-order valence-corrected chi connectivity index (χ4v) is 2.34. The van der Waals surface area contributed by atoms with Gasteiger partial charge in [0.2, 0.25) is 5.91 Å². The standard InChI is InChI=1S/C16H20F3N3O2/c1-2-20-15(24)21-14(23)10-22(13-7-8-13)9-11-3-5-12(6-4-11)16(17,18)19/h3-6,13H,2,7-10H2,1H3,(H2,20,21,23,24).